The Morgan fingerprint density at radius 2 is 2.03 bits per heavy atom. The Hall–Kier alpha value is -2.73. The topological polar surface area (TPSA) is 130 Å². The summed E-state index contributed by atoms with van der Waals surface area (Å²) in [4.78, 5) is 39.6. The monoisotopic (exact) mass is 439 g/mol. The predicted octanol–water partition coefficient (Wildman–Crippen LogP) is 1.66. The van der Waals surface area contributed by atoms with Gasteiger partial charge in [0.15, 0.2) is 0 Å². The number of hydrogen-bond donors (Lipinski definition) is 1. The lowest BCUT2D eigenvalue weighted by Gasteiger charge is -2.24. The molecule has 1 heterocycles. The number of amides is 1. The predicted molar refractivity (Wildman–Crippen MR) is 109 cm³/mol. The van der Waals surface area contributed by atoms with Gasteiger partial charge in [-0.25, -0.2) is 14.6 Å². The Morgan fingerprint density at radius 1 is 1.30 bits per heavy atom. The van der Waals surface area contributed by atoms with Crippen molar-refractivity contribution in [1.82, 2.24) is 0 Å². The number of esters is 1. The average molecular weight is 439 g/mol. The van der Waals surface area contributed by atoms with Crippen molar-refractivity contribution in [3.05, 3.63) is 23.3 Å². The lowest BCUT2D eigenvalue weighted by molar-refractivity contribution is -0.115. The quantitative estimate of drug-likeness (QED) is 0.380. The Morgan fingerprint density at radius 3 is 2.67 bits per heavy atom. The largest absolute Gasteiger partial charge is 0.575 e. The third-order valence-electron chi connectivity index (χ3n) is 3.75. The van der Waals surface area contributed by atoms with Crippen LogP contribution in [0, 0.1) is 0 Å². The zero-order valence-corrected chi connectivity index (χ0v) is 17.8. The van der Waals surface area contributed by atoms with Crippen LogP contribution in [0.4, 0.5) is 4.79 Å². The number of aliphatic imine (C=N–C) groups is 1. The van der Waals surface area contributed by atoms with Crippen molar-refractivity contribution in [2.24, 2.45) is 4.99 Å². The molecule has 30 heavy (non-hydrogen) atoms. The minimum atomic E-state index is -1.51. The second-order valence-corrected chi connectivity index (χ2v) is 7.18. The van der Waals surface area contributed by atoms with Gasteiger partial charge in [-0.1, -0.05) is 6.07 Å². The van der Waals surface area contributed by atoms with Gasteiger partial charge in [0.05, 0.1) is 24.6 Å². The highest BCUT2D eigenvalue weighted by Crippen LogP contribution is 2.36. The van der Waals surface area contributed by atoms with Gasteiger partial charge in [0.1, 0.15) is 17.1 Å². The summed E-state index contributed by atoms with van der Waals surface area (Å²) in [5.74, 6) is -0.959. The van der Waals surface area contributed by atoms with Crippen LogP contribution in [-0.4, -0.2) is 67.8 Å². The summed E-state index contributed by atoms with van der Waals surface area (Å²) in [6, 6.07) is 3.15. The summed E-state index contributed by atoms with van der Waals surface area (Å²) < 4.78 is 25.0. The second-order valence-electron chi connectivity index (χ2n) is 6.32. The van der Waals surface area contributed by atoms with Crippen molar-refractivity contribution < 1.29 is 43.0 Å². The van der Waals surface area contributed by atoms with E-state index in [0.717, 1.165) is 0 Å². The summed E-state index contributed by atoms with van der Waals surface area (Å²) in [7, 11) is -0.165. The van der Waals surface area contributed by atoms with Crippen LogP contribution in [0.15, 0.2) is 17.1 Å². The maximum atomic E-state index is 12.6. The fourth-order valence-corrected chi connectivity index (χ4v) is 2.86. The van der Waals surface area contributed by atoms with Crippen molar-refractivity contribution in [2.75, 3.05) is 25.9 Å². The number of thioether (sulfide) groups is 1. The van der Waals surface area contributed by atoms with Crippen LogP contribution in [0.1, 0.15) is 29.8 Å². The van der Waals surface area contributed by atoms with Gasteiger partial charge in [0.2, 0.25) is 6.79 Å². The minimum absolute atomic E-state index is 0.0351. The normalized spacial score (nSPS) is 14.1. The van der Waals surface area contributed by atoms with Gasteiger partial charge in [-0.05, 0) is 31.7 Å². The first-order chi connectivity index (χ1) is 14.3. The molecule has 1 amide bonds. The van der Waals surface area contributed by atoms with E-state index < -0.39 is 31.9 Å². The van der Waals surface area contributed by atoms with Gasteiger partial charge in [-0.15, -0.1) is 0 Å². The number of ether oxygens (including phenoxy) is 4. The van der Waals surface area contributed by atoms with Gasteiger partial charge in [0.25, 0.3) is 5.91 Å². The van der Waals surface area contributed by atoms with Crippen LogP contribution in [0.3, 0.4) is 0 Å². The highest BCUT2D eigenvalue weighted by atomic mass is 32.2. The van der Waals surface area contributed by atoms with Crippen LogP contribution in [0.5, 0.6) is 11.5 Å². The van der Waals surface area contributed by atoms with E-state index in [-0.39, 0.29) is 41.0 Å². The highest BCUT2D eigenvalue weighted by Gasteiger charge is 2.36. The van der Waals surface area contributed by atoms with Gasteiger partial charge < -0.3 is 28.6 Å². The Balaban J connectivity index is 2.20. The Labute approximate surface area is 178 Å². The molecule has 0 saturated carbocycles. The molecule has 10 nitrogen and oxygen atoms in total. The van der Waals surface area contributed by atoms with Crippen LogP contribution in [0.25, 0.3) is 0 Å². The molecule has 1 aromatic rings. The first-order valence-corrected chi connectivity index (χ1v) is 10.3. The minimum Gasteiger partial charge on any atom is -0.531 e. The smallest absolute Gasteiger partial charge is 0.531 e. The third-order valence-corrected chi connectivity index (χ3v) is 4.28. The molecule has 0 bridgehead atoms. The van der Waals surface area contributed by atoms with E-state index in [0.29, 0.717) is 5.56 Å². The van der Waals surface area contributed by atoms with E-state index in [4.69, 9.17) is 18.9 Å². The van der Waals surface area contributed by atoms with E-state index >= 15 is 0 Å². The van der Waals surface area contributed by atoms with Crippen molar-refractivity contribution in [1.29, 1.82) is 0 Å². The van der Waals surface area contributed by atoms with E-state index in [1.165, 1.54) is 24.9 Å². The molecule has 0 saturated heterocycles. The summed E-state index contributed by atoms with van der Waals surface area (Å²) >= 11 is 1.31. The summed E-state index contributed by atoms with van der Waals surface area (Å²) in [5, 5.41) is 10.2. The molecular weight excluding hydrogens is 417 g/mol. The van der Waals surface area contributed by atoms with E-state index in [9.17, 15) is 19.4 Å². The van der Waals surface area contributed by atoms with Crippen molar-refractivity contribution in [3.8, 4) is 11.5 Å². The number of methoxy groups -OCH3 is 1. The zero-order valence-electron chi connectivity index (χ0n) is 17.0. The van der Waals surface area contributed by atoms with Gasteiger partial charge in [-0.3, -0.25) is 4.79 Å². The first-order valence-electron chi connectivity index (χ1n) is 8.91. The van der Waals surface area contributed by atoms with Crippen molar-refractivity contribution in [2.45, 2.75) is 26.4 Å². The summed E-state index contributed by atoms with van der Waals surface area (Å²) in [6.45, 7) is 2.60. The van der Waals surface area contributed by atoms with E-state index in [2.05, 4.69) is 9.73 Å². The first kappa shape index (κ1) is 23.6. The van der Waals surface area contributed by atoms with Crippen LogP contribution >= 0.6 is 11.8 Å². The molecule has 0 spiro atoms. The lowest BCUT2D eigenvalue weighted by Crippen LogP contribution is -2.40. The van der Waals surface area contributed by atoms with E-state index in [1.807, 2.05) is 0 Å². The Bertz CT molecular complexity index is 843. The lowest BCUT2D eigenvalue weighted by atomic mass is 9.75. The van der Waals surface area contributed by atoms with Gasteiger partial charge in [-0.2, -0.15) is 11.8 Å². The standard InChI is InChI=1S/C18H22BNO9S/c1-10(2)28-18(23)27-9-26-17(22)15-12(25-3)6-5-11-7-13(19(24)29-16(11)15)20-14(21)8-30-4/h5-6,10,24H,7-9H2,1-4H3. The molecule has 1 aromatic carbocycles. The number of carbonyl (C=O) groups is 3. The number of benzene rings is 1. The van der Waals surface area contributed by atoms with Crippen LogP contribution < -0.4 is 9.39 Å². The maximum Gasteiger partial charge on any atom is 0.575 e. The van der Waals surface area contributed by atoms with E-state index in [1.54, 1.807) is 26.2 Å². The van der Waals surface area contributed by atoms with Crippen molar-refractivity contribution in [3.63, 3.8) is 0 Å². The molecular formula is C18H22BNO9S. The Kier molecular flexibility index (Phi) is 8.54. The molecule has 1 aliphatic rings. The van der Waals surface area contributed by atoms with Crippen LogP contribution in [-0.2, 0) is 25.4 Å². The molecule has 0 radical (unpaired) electrons. The molecule has 1 aliphatic heterocycles. The summed E-state index contributed by atoms with van der Waals surface area (Å²) in [6.07, 6.45) is 0.487. The molecule has 162 valence electrons. The SMILES string of the molecule is COc1ccc2c(c1C(=O)OCOC(=O)OC(C)C)OB(O)C(=NC(=O)CSC)C2. The number of fused-ring (bicyclic) bond motifs is 1. The van der Waals surface area contributed by atoms with Gasteiger partial charge in [0, 0.05) is 6.42 Å². The highest BCUT2D eigenvalue weighted by molar-refractivity contribution is 7.99. The second kappa shape index (κ2) is 10.9. The fourth-order valence-electron chi connectivity index (χ4n) is 2.55. The zero-order chi connectivity index (χ0) is 22.3. The molecule has 0 aromatic heterocycles. The molecule has 0 aliphatic carbocycles. The van der Waals surface area contributed by atoms with Crippen molar-refractivity contribution >= 4 is 42.5 Å². The number of rotatable bonds is 7. The molecule has 0 fully saturated rings. The number of nitrogens with zero attached hydrogens (tertiary/aromatic N) is 1. The third kappa shape index (κ3) is 6.13. The maximum absolute atomic E-state index is 12.6. The van der Waals surface area contributed by atoms with Crippen LogP contribution in [0.2, 0.25) is 0 Å². The molecule has 0 atom stereocenters. The number of carbonyl (C=O) groups excluding carboxylic acids is 3. The molecule has 2 rings (SSSR count). The number of hydrogen-bond acceptors (Lipinski definition) is 10. The summed E-state index contributed by atoms with van der Waals surface area (Å²) in [5.41, 5.74) is 0.541. The molecule has 1 N–H and O–H groups in total. The van der Waals surface area contributed by atoms with Gasteiger partial charge >= 0.3 is 19.2 Å². The average Bonchev–Trinajstić information content (AvgIpc) is 2.67. The molecule has 0 unspecified atom stereocenters. The molecule has 12 heteroatoms. The fraction of sp³-hybridized carbons (Fsp3) is 0.444.